The Morgan fingerprint density at radius 1 is 1.00 bits per heavy atom. The number of carbonyl (C=O) groups is 2. The molecule has 164 valence electrons. The molecule has 3 heterocycles. The van der Waals surface area contributed by atoms with Crippen molar-refractivity contribution in [2.45, 2.75) is 0 Å². The lowest BCUT2D eigenvalue weighted by atomic mass is 9.99. The van der Waals surface area contributed by atoms with Crippen LogP contribution in [0.2, 0.25) is 0 Å². The molecule has 0 radical (unpaired) electrons. The quantitative estimate of drug-likeness (QED) is 0.225. The third-order valence-electron chi connectivity index (χ3n) is 5.38. The Balaban J connectivity index is 1.56. The highest BCUT2D eigenvalue weighted by molar-refractivity contribution is 7.80. The summed E-state index contributed by atoms with van der Waals surface area (Å²) in [6.07, 6.45) is 3.57. The molecule has 0 aliphatic rings. The zero-order chi connectivity index (χ0) is 23.1. The summed E-state index contributed by atoms with van der Waals surface area (Å²) in [5.41, 5.74) is 3.88. The maximum absolute atomic E-state index is 13.4. The predicted molar refractivity (Wildman–Crippen MR) is 125 cm³/mol. The number of benzene rings is 2. The molecule has 0 saturated heterocycles. The van der Waals surface area contributed by atoms with Crippen molar-refractivity contribution < 1.29 is 23.5 Å². The first kappa shape index (κ1) is 20.6. The van der Waals surface area contributed by atoms with Crippen molar-refractivity contribution in [2.75, 3.05) is 4.72 Å². The number of rotatable bonds is 5. The Morgan fingerprint density at radius 3 is 2.52 bits per heavy atom. The number of nitrogens with one attached hydrogen (secondary N) is 2. The van der Waals surface area contributed by atoms with Crippen molar-refractivity contribution in [2.24, 2.45) is 0 Å². The molecular formula is C23H16N4O5S. The average molecular weight is 460 g/mol. The third-order valence-corrected chi connectivity index (χ3v) is 5.79. The molecule has 3 aromatic heterocycles. The summed E-state index contributed by atoms with van der Waals surface area (Å²) in [4.78, 5) is 32.3. The van der Waals surface area contributed by atoms with E-state index in [-0.39, 0.29) is 5.78 Å². The summed E-state index contributed by atoms with van der Waals surface area (Å²) in [6, 6.07) is 15.3. The van der Waals surface area contributed by atoms with Crippen molar-refractivity contribution >= 4 is 50.8 Å². The van der Waals surface area contributed by atoms with Gasteiger partial charge in [-0.2, -0.15) is 0 Å². The second kappa shape index (κ2) is 8.01. The molecule has 5 rings (SSSR count). The summed E-state index contributed by atoms with van der Waals surface area (Å²) in [7, 11) is 0. The van der Waals surface area contributed by atoms with E-state index in [0.29, 0.717) is 38.8 Å². The van der Waals surface area contributed by atoms with Gasteiger partial charge in [0.25, 0.3) is 11.3 Å². The highest BCUT2D eigenvalue weighted by Crippen LogP contribution is 2.29. The largest absolute Gasteiger partial charge is 0.464 e. The number of pyridine rings is 1. The van der Waals surface area contributed by atoms with E-state index in [0.717, 1.165) is 15.7 Å². The van der Waals surface area contributed by atoms with Gasteiger partial charge >= 0.3 is 6.09 Å². The van der Waals surface area contributed by atoms with Crippen LogP contribution in [-0.2, 0) is 11.3 Å². The van der Waals surface area contributed by atoms with Gasteiger partial charge in [-0.15, -0.1) is 0 Å². The van der Waals surface area contributed by atoms with Gasteiger partial charge < -0.3 is 10.1 Å². The van der Waals surface area contributed by atoms with Crippen LogP contribution in [0.3, 0.4) is 0 Å². The van der Waals surface area contributed by atoms with E-state index in [2.05, 4.69) is 14.7 Å². The molecular weight excluding hydrogens is 444 g/mol. The molecule has 0 spiro atoms. The van der Waals surface area contributed by atoms with Gasteiger partial charge in [0.1, 0.15) is 5.65 Å². The Kier molecular flexibility index (Phi) is 5.00. The maximum atomic E-state index is 13.4. The normalized spacial score (nSPS) is 12.2. The van der Waals surface area contributed by atoms with E-state index in [1.54, 1.807) is 60.9 Å². The Hall–Kier alpha value is -4.28. The van der Waals surface area contributed by atoms with E-state index in [1.807, 2.05) is 6.07 Å². The van der Waals surface area contributed by atoms with Crippen LogP contribution < -0.4 is 4.72 Å². The van der Waals surface area contributed by atoms with Gasteiger partial charge in [-0.1, -0.05) is 24.3 Å². The molecule has 0 aliphatic heterocycles. The van der Waals surface area contributed by atoms with Crippen molar-refractivity contribution in [3.63, 3.8) is 0 Å². The second-order valence-corrected chi connectivity index (χ2v) is 7.99. The van der Waals surface area contributed by atoms with E-state index >= 15 is 0 Å². The monoisotopic (exact) mass is 460 g/mol. The van der Waals surface area contributed by atoms with Crippen LogP contribution in [0.4, 0.5) is 10.5 Å². The van der Waals surface area contributed by atoms with Gasteiger partial charge in [0.15, 0.2) is 5.78 Å². The molecule has 0 aliphatic carbocycles. The summed E-state index contributed by atoms with van der Waals surface area (Å²) in [5, 5.41) is 10.5. The Morgan fingerprint density at radius 2 is 1.79 bits per heavy atom. The number of aromatic nitrogens is 3. The first-order valence-corrected chi connectivity index (χ1v) is 10.9. The fourth-order valence-corrected chi connectivity index (χ4v) is 4.20. The molecule has 10 heteroatoms. The van der Waals surface area contributed by atoms with Gasteiger partial charge in [0, 0.05) is 51.7 Å². The fourth-order valence-electron chi connectivity index (χ4n) is 3.86. The lowest BCUT2D eigenvalue weighted by Gasteiger charge is -2.06. The highest BCUT2D eigenvalue weighted by Gasteiger charge is 2.19. The zero-order valence-corrected chi connectivity index (χ0v) is 17.7. The topological polar surface area (TPSA) is 137 Å². The summed E-state index contributed by atoms with van der Waals surface area (Å²) in [5.74, 6) is -0.251. The summed E-state index contributed by atoms with van der Waals surface area (Å²) in [6.45, 7) is 0. The molecule has 0 amide bonds. The van der Waals surface area contributed by atoms with Crippen molar-refractivity contribution in [1.82, 2.24) is 14.5 Å². The molecule has 5 aromatic rings. The first-order chi connectivity index (χ1) is 15.9. The third kappa shape index (κ3) is 3.67. The van der Waals surface area contributed by atoms with E-state index in [4.69, 9.17) is 4.55 Å². The highest BCUT2D eigenvalue weighted by atomic mass is 32.2. The van der Waals surface area contributed by atoms with Gasteiger partial charge in [-0.3, -0.25) is 18.6 Å². The number of carbonyl (C=O) groups excluding carboxylic acids is 1. The van der Waals surface area contributed by atoms with Crippen LogP contribution in [0.25, 0.3) is 33.1 Å². The van der Waals surface area contributed by atoms with Crippen molar-refractivity contribution in [3.05, 3.63) is 84.3 Å². The predicted octanol–water partition coefficient (Wildman–Crippen LogP) is 4.49. The van der Waals surface area contributed by atoms with Crippen LogP contribution in [0.1, 0.15) is 15.9 Å². The number of aromatic amines is 1. The SMILES string of the molecule is O=C(c1c[nH]c2ncc(-c3ccc(NS(=O)O)cc3)cc12)c1cccc2c1ccn2C(=O)O. The lowest BCUT2D eigenvalue weighted by molar-refractivity contribution is 0.104. The standard InChI is InChI=1S/C23H16N4O5S/c28-21(17-2-1-3-20-16(17)8-9-27(20)23(29)30)19-12-25-22-18(19)10-14(11-24-22)13-4-6-15(7-5-13)26-33(31)32/h1-12,26H,(H,24,25)(H,29,30)(H,31,32). The molecule has 0 bridgehead atoms. The summed E-state index contributed by atoms with van der Waals surface area (Å²) < 4.78 is 23.3. The van der Waals surface area contributed by atoms with Crippen LogP contribution in [0.5, 0.6) is 0 Å². The second-order valence-electron chi connectivity index (χ2n) is 7.29. The maximum Gasteiger partial charge on any atom is 0.415 e. The van der Waals surface area contributed by atoms with Crippen LogP contribution in [-0.4, -0.2) is 40.3 Å². The first-order valence-electron chi connectivity index (χ1n) is 9.75. The molecule has 0 fully saturated rings. The molecule has 4 N–H and O–H groups in total. The van der Waals surface area contributed by atoms with Gasteiger partial charge in [0.2, 0.25) is 0 Å². The van der Waals surface area contributed by atoms with E-state index in [1.165, 1.54) is 6.20 Å². The zero-order valence-electron chi connectivity index (χ0n) is 16.9. The average Bonchev–Trinajstić information content (AvgIpc) is 3.42. The number of fused-ring (bicyclic) bond motifs is 2. The van der Waals surface area contributed by atoms with Crippen LogP contribution in [0.15, 0.2) is 73.2 Å². The number of hydrogen-bond acceptors (Lipinski definition) is 4. The molecule has 0 saturated carbocycles. The number of nitrogens with zero attached hydrogens (tertiary/aromatic N) is 2. The minimum Gasteiger partial charge on any atom is -0.464 e. The Labute approximate surface area is 189 Å². The van der Waals surface area contributed by atoms with Crippen LogP contribution >= 0.6 is 0 Å². The minimum absolute atomic E-state index is 0.251. The number of anilines is 1. The van der Waals surface area contributed by atoms with Gasteiger partial charge in [-0.05, 0) is 35.9 Å². The van der Waals surface area contributed by atoms with Crippen LogP contribution in [0, 0.1) is 0 Å². The van der Waals surface area contributed by atoms with Gasteiger partial charge in [-0.25, -0.2) is 14.0 Å². The van der Waals surface area contributed by atoms with Crippen molar-refractivity contribution in [1.29, 1.82) is 0 Å². The molecule has 33 heavy (non-hydrogen) atoms. The van der Waals surface area contributed by atoms with Gasteiger partial charge in [0.05, 0.1) is 5.52 Å². The van der Waals surface area contributed by atoms with E-state index in [9.17, 15) is 18.9 Å². The Bertz CT molecular complexity index is 1570. The minimum atomic E-state index is -2.16. The van der Waals surface area contributed by atoms with E-state index < -0.39 is 17.4 Å². The number of H-pyrrole nitrogens is 1. The summed E-state index contributed by atoms with van der Waals surface area (Å²) >= 11 is -2.16. The molecule has 1 atom stereocenters. The van der Waals surface area contributed by atoms with Crippen molar-refractivity contribution in [3.8, 4) is 11.1 Å². The molecule has 2 aromatic carbocycles. The molecule has 9 nitrogen and oxygen atoms in total. The number of ketones is 1. The smallest absolute Gasteiger partial charge is 0.415 e. The number of hydrogen-bond donors (Lipinski definition) is 4. The number of carboxylic acid groups (broad SMARTS) is 1. The fraction of sp³-hybridized carbons (Fsp3) is 0. The molecule has 1 unspecified atom stereocenters. The lowest BCUT2D eigenvalue weighted by Crippen LogP contribution is -2.06.